The van der Waals surface area contributed by atoms with Gasteiger partial charge in [0.05, 0.1) is 18.5 Å². The maximum Gasteiger partial charge on any atom is 0.188 e. The molecule has 0 amide bonds. The number of aliphatic hydroxyl groups is 1. The molecule has 1 aromatic heterocycles. The van der Waals surface area contributed by atoms with Crippen molar-refractivity contribution in [2.24, 2.45) is 10.9 Å². The van der Waals surface area contributed by atoms with Gasteiger partial charge in [-0.15, -0.1) is 0 Å². The van der Waals surface area contributed by atoms with Crippen molar-refractivity contribution in [1.29, 1.82) is 0 Å². The fraction of sp³-hybridized carbons (Fsp3) is 0.538. The van der Waals surface area contributed by atoms with E-state index in [1.165, 1.54) is 12.8 Å². The van der Waals surface area contributed by atoms with Crippen molar-refractivity contribution in [3.63, 3.8) is 0 Å². The molecule has 4 N–H and O–H groups in total. The second-order valence-electron chi connectivity index (χ2n) is 4.74. The third-order valence-corrected chi connectivity index (χ3v) is 3.56. The summed E-state index contributed by atoms with van der Waals surface area (Å²) in [5, 5.41) is 20.7. The van der Waals surface area contributed by atoms with E-state index in [4.69, 9.17) is 10.9 Å². The first-order chi connectivity index (χ1) is 9.26. The van der Waals surface area contributed by atoms with Crippen LogP contribution in [0.1, 0.15) is 31.4 Å². The average molecular weight is 264 g/mol. The van der Waals surface area contributed by atoms with Crippen LogP contribution in [0, 0.1) is 0 Å². The number of nitrogens with zero attached hydrogens (tertiary/aromatic N) is 3. The van der Waals surface area contributed by atoms with Crippen LogP contribution in [0.4, 0.5) is 5.69 Å². The molecule has 0 aliphatic heterocycles. The minimum absolute atomic E-state index is 0.00104. The minimum atomic E-state index is 0.00104. The molecule has 6 nitrogen and oxygen atoms in total. The van der Waals surface area contributed by atoms with E-state index in [1.54, 1.807) is 12.3 Å². The molecule has 1 saturated carbocycles. The number of amidine groups is 1. The van der Waals surface area contributed by atoms with E-state index < -0.39 is 0 Å². The molecule has 2 rings (SSSR count). The van der Waals surface area contributed by atoms with Gasteiger partial charge in [0.15, 0.2) is 5.84 Å². The zero-order chi connectivity index (χ0) is 13.7. The normalized spacial score (nSPS) is 16.8. The molecule has 0 unspecified atom stereocenters. The molecule has 1 aliphatic carbocycles. The van der Waals surface area contributed by atoms with E-state index in [9.17, 15) is 5.11 Å². The molecule has 0 atom stereocenters. The number of aliphatic hydroxyl groups excluding tert-OH is 1. The lowest BCUT2D eigenvalue weighted by molar-refractivity contribution is 0.297. The van der Waals surface area contributed by atoms with Crippen LogP contribution in [-0.2, 0) is 0 Å². The van der Waals surface area contributed by atoms with Crippen LogP contribution >= 0.6 is 0 Å². The van der Waals surface area contributed by atoms with Gasteiger partial charge in [0, 0.05) is 12.6 Å². The van der Waals surface area contributed by atoms with Crippen molar-refractivity contribution < 1.29 is 10.3 Å². The Kier molecular flexibility index (Phi) is 4.57. The van der Waals surface area contributed by atoms with Gasteiger partial charge >= 0.3 is 0 Å². The fourth-order valence-corrected chi connectivity index (χ4v) is 2.60. The summed E-state index contributed by atoms with van der Waals surface area (Å²) in [5.41, 5.74) is 6.90. The van der Waals surface area contributed by atoms with Gasteiger partial charge in [0.2, 0.25) is 0 Å². The average Bonchev–Trinajstić information content (AvgIpc) is 2.98. The molecule has 0 aromatic carbocycles. The third kappa shape index (κ3) is 3.14. The second kappa shape index (κ2) is 6.38. The van der Waals surface area contributed by atoms with Crippen molar-refractivity contribution >= 4 is 11.5 Å². The van der Waals surface area contributed by atoms with E-state index in [0.717, 1.165) is 18.5 Å². The summed E-state index contributed by atoms with van der Waals surface area (Å²) in [5.74, 6) is 0.00104. The van der Waals surface area contributed by atoms with Gasteiger partial charge < -0.3 is 20.9 Å². The molecule has 0 saturated heterocycles. The van der Waals surface area contributed by atoms with Crippen molar-refractivity contribution in [3.05, 3.63) is 24.0 Å². The van der Waals surface area contributed by atoms with Gasteiger partial charge in [-0.05, 0) is 25.0 Å². The summed E-state index contributed by atoms with van der Waals surface area (Å²) in [4.78, 5) is 6.38. The number of anilines is 1. The van der Waals surface area contributed by atoms with Crippen molar-refractivity contribution in [2.45, 2.75) is 31.7 Å². The van der Waals surface area contributed by atoms with E-state index in [2.05, 4.69) is 15.0 Å². The Morgan fingerprint density at radius 1 is 1.42 bits per heavy atom. The van der Waals surface area contributed by atoms with E-state index in [-0.39, 0.29) is 12.4 Å². The zero-order valence-electron chi connectivity index (χ0n) is 10.9. The number of rotatable bonds is 5. The van der Waals surface area contributed by atoms with Crippen molar-refractivity contribution in [1.82, 2.24) is 4.98 Å². The molecule has 104 valence electrons. The fourth-order valence-electron chi connectivity index (χ4n) is 2.60. The molecular weight excluding hydrogens is 244 g/mol. The van der Waals surface area contributed by atoms with Gasteiger partial charge in [-0.1, -0.05) is 18.0 Å². The molecule has 0 bridgehead atoms. The molecular formula is C13H20N4O2. The smallest absolute Gasteiger partial charge is 0.188 e. The standard InChI is InChI=1S/C13H20N4O2/c14-13(16-19)12-6-5-11(9-15-12)17(7-8-18)10-3-1-2-4-10/h5-6,9-10,18-19H,1-4,7-8H2,(H2,14,16). The largest absolute Gasteiger partial charge is 0.409 e. The van der Waals surface area contributed by atoms with Crippen LogP contribution in [0.2, 0.25) is 0 Å². The first-order valence-corrected chi connectivity index (χ1v) is 6.57. The Morgan fingerprint density at radius 3 is 2.68 bits per heavy atom. The topological polar surface area (TPSA) is 95.0 Å². The zero-order valence-corrected chi connectivity index (χ0v) is 10.9. The highest BCUT2D eigenvalue weighted by atomic mass is 16.4. The van der Waals surface area contributed by atoms with Crippen LogP contribution in [-0.4, -0.2) is 40.3 Å². The lowest BCUT2D eigenvalue weighted by atomic mass is 10.2. The summed E-state index contributed by atoms with van der Waals surface area (Å²) in [7, 11) is 0. The molecule has 19 heavy (non-hydrogen) atoms. The van der Waals surface area contributed by atoms with Crippen LogP contribution in [0.5, 0.6) is 0 Å². The number of hydrogen-bond donors (Lipinski definition) is 3. The Balaban J connectivity index is 2.17. The van der Waals surface area contributed by atoms with E-state index in [0.29, 0.717) is 18.3 Å². The Bertz CT molecular complexity index is 427. The first kappa shape index (κ1) is 13.6. The molecule has 1 heterocycles. The van der Waals surface area contributed by atoms with E-state index >= 15 is 0 Å². The first-order valence-electron chi connectivity index (χ1n) is 6.57. The summed E-state index contributed by atoms with van der Waals surface area (Å²) in [6.07, 6.45) is 6.50. The Morgan fingerprint density at radius 2 is 2.16 bits per heavy atom. The predicted octanol–water partition coefficient (Wildman–Crippen LogP) is 0.917. The van der Waals surface area contributed by atoms with Crippen LogP contribution < -0.4 is 10.6 Å². The highest BCUT2D eigenvalue weighted by Crippen LogP contribution is 2.27. The molecule has 0 radical (unpaired) electrons. The van der Waals surface area contributed by atoms with E-state index in [1.807, 2.05) is 6.07 Å². The summed E-state index contributed by atoms with van der Waals surface area (Å²) < 4.78 is 0. The van der Waals surface area contributed by atoms with Gasteiger partial charge in [0.25, 0.3) is 0 Å². The molecule has 6 heteroatoms. The predicted molar refractivity (Wildman–Crippen MR) is 73.4 cm³/mol. The monoisotopic (exact) mass is 264 g/mol. The quantitative estimate of drug-likeness (QED) is 0.318. The van der Waals surface area contributed by atoms with Crippen LogP contribution in [0.3, 0.4) is 0 Å². The SMILES string of the molecule is N/C(=N/O)c1ccc(N(CCO)C2CCCC2)cn1. The van der Waals surface area contributed by atoms with Gasteiger partial charge in [-0.3, -0.25) is 4.98 Å². The second-order valence-corrected chi connectivity index (χ2v) is 4.74. The highest BCUT2D eigenvalue weighted by Gasteiger charge is 2.22. The summed E-state index contributed by atoms with van der Waals surface area (Å²) >= 11 is 0. The molecule has 0 spiro atoms. The highest BCUT2D eigenvalue weighted by molar-refractivity contribution is 5.95. The number of pyridine rings is 1. The van der Waals surface area contributed by atoms with Crippen LogP contribution in [0.15, 0.2) is 23.5 Å². The number of oxime groups is 1. The minimum Gasteiger partial charge on any atom is -0.409 e. The van der Waals surface area contributed by atoms with Gasteiger partial charge in [-0.25, -0.2) is 0 Å². The molecule has 1 aromatic rings. The molecule has 1 fully saturated rings. The lowest BCUT2D eigenvalue weighted by Crippen LogP contribution is -2.35. The Hall–Kier alpha value is -1.82. The number of nitrogens with two attached hydrogens (primary N) is 1. The Labute approximate surface area is 112 Å². The lowest BCUT2D eigenvalue weighted by Gasteiger charge is -2.30. The maximum absolute atomic E-state index is 9.20. The maximum atomic E-state index is 9.20. The number of hydrogen-bond acceptors (Lipinski definition) is 5. The van der Waals surface area contributed by atoms with Crippen molar-refractivity contribution in [2.75, 3.05) is 18.1 Å². The van der Waals surface area contributed by atoms with Crippen LogP contribution in [0.25, 0.3) is 0 Å². The summed E-state index contributed by atoms with van der Waals surface area (Å²) in [6, 6.07) is 4.10. The van der Waals surface area contributed by atoms with Gasteiger partial charge in [0.1, 0.15) is 5.69 Å². The third-order valence-electron chi connectivity index (χ3n) is 3.56. The number of aromatic nitrogens is 1. The van der Waals surface area contributed by atoms with Crippen molar-refractivity contribution in [3.8, 4) is 0 Å². The summed E-state index contributed by atoms with van der Waals surface area (Å²) in [6.45, 7) is 0.730. The molecule has 1 aliphatic rings. The van der Waals surface area contributed by atoms with Gasteiger partial charge in [-0.2, -0.15) is 0 Å².